The zero-order valence-corrected chi connectivity index (χ0v) is 4.22. The molecule has 0 aromatic heterocycles. The van der Waals surface area contributed by atoms with E-state index < -0.39 is 0 Å². The minimum absolute atomic E-state index is 0.163. The van der Waals surface area contributed by atoms with Crippen molar-refractivity contribution in [3.05, 3.63) is 12.2 Å². The first-order valence-corrected chi connectivity index (χ1v) is 2.27. The third-order valence-corrected chi connectivity index (χ3v) is 0.518. The Morgan fingerprint density at radius 2 is 2.43 bits per heavy atom. The molecule has 0 aliphatic carbocycles. The summed E-state index contributed by atoms with van der Waals surface area (Å²) in [5.74, 6) is 0. The fraction of sp³-hybridized carbons (Fsp3) is 0.600. The predicted molar refractivity (Wildman–Crippen MR) is 28.6 cm³/mol. The molecule has 1 radical (unpaired) electrons. The van der Waals surface area contributed by atoms with Crippen molar-refractivity contribution >= 4 is 0 Å². The molecule has 2 nitrogen and oxygen atoms in total. The van der Waals surface area contributed by atoms with Crippen LogP contribution in [0.5, 0.6) is 0 Å². The maximum atomic E-state index is 8.17. The average molecular weight is 100 g/mol. The third kappa shape index (κ3) is 5.66. The van der Waals surface area contributed by atoms with Crippen molar-refractivity contribution in [2.75, 3.05) is 13.2 Å². The van der Waals surface area contributed by atoms with E-state index in [1.54, 1.807) is 6.08 Å². The molecule has 0 saturated carbocycles. The van der Waals surface area contributed by atoms with Crippen LogP contribution in [0.4, 0.5) is 0 Å². The number of aliphatic hydroxyl groups excluding tert-OH is 1. The molecule has 0 amide bonds. The summed E-state index contributed by atoms with van der Waals surface area (Å²) in [6, 6.07) is 0. The molecule has 41 valence electrons. The minimum Gasteiger partial charge on any atom is -0.396 e. The molecule has 0 bridgehead atoms. The van der Waals surface area contributed by atoms with E-state index in [1.807, 2.05) is 0 Å². The molecule has 3 N–H and O–H groups in total. The van der Waals surface area contributed by atoms with Gasteiger partial charge in [0.05, 0.1) is 0 Å². The van der Waals surface area contributed by atoms with Crippen LogP contribution in [0, 0.1) is 6.08 Å². The highest BCUT2D eigenvalue weighted by molar-refractivity contribution is 4.73. The fourth-order valence-corrected chi connectivity index (χ4v) is 0.250. The number of aliphatic hydroxyl groups is 1. The van der Waals surface area contributed by atoms with Crippen LogP contribution in [-0.2, 0) is 0 Å². The zero-order valence-electron chi connectivity index (χ0n) is 4.22. The second kappa shape index (κ2) is 5.66. The summed E-state index contributed by atoms with van der Waals surface area (Å²) in [7, 11) is 0. The summed E-state index contributed by atoms with van der Waals surface area (Å²) in [6.45, 7) is 0.677. The van der Waals surface area contributed by atoms with Gasteiger partial charge < -0.3 is 10.8 Å². The van der Waals surface area contributed by atoms with Gasteiger partial charge in [0.2, 0.25) is 0 Å². The molecule has 0 saturated heterocycles. The molecule has 0 spiro atoms. The smallest absolute Gasteiger partial charge is 0.0471 e. The Morgan fingerprint density at radius 3 is 2.86 bits per heavy atom. The number of rotatable bonds is 3. The first kappa shape index (κ1) is 6.66. The van der Waals surface area contributed by atoms with Crippen molar-refractivity contribution in [1.29, 1.82) is 0 Å². The summed E-state index contributed by atoms with van der Waals surface area (Å²) in [5, 5.41) is 8.17. The Morgan fingerprint density at radius 1 is 1.71 bits per heavy atom. The molecule has 0 heterocycles. The Balaban J connectivity index is 2.78. The first-order chi connectivity index (χ1) is 3.41. The van der Waals surface area contributed by atoms with Gasteiger partial charge in [-0.25, -0.2) is 0 Å². The van der Waals surface area contributed by atoms with E-state index >= 15 is 0 Å². The molecular formula is C5H10NO. The lowest BCUT2D eigenvalue weighted by molar-refractivity contribution is 0.300. The van der Waals surface area contributed by atoms with Gasteiger partial charge in [0, 0.05) is 13.2 Å². The molecule has 0 aliphatic rings. The van der Waals surface area contributed by atoms with E-state index in [9.17, 15) is 0 Å². The van der Waals surface area contributed by atoms with Gasteiger partial charge in [-0.1, -0.05) is 6.08 Å². The molecule has 0 aliphatic heterocycles. The first-order valence-electron chi connectivity index (χ1n) is 2.27. The summed E-state index contributed by atoms with van der Waals surface area (Å²) < 4.78 is 0. The maximum Gasteiger partial charge on any atom is 0.0471 e. The van der Waals surface area contributed by atoms with Gasteiger partial charge in [-0.3, -0.25) is 0 Å². The molecule has 0 aromatic carbocycles. The van der Waals surface area contributed by atoms with Crippen molar-refractivity contribution in [2.24, 2.45) is 5.73 Å². The quantitative estimate of drug-likeness (QED) is 0.511. The van der Waals surface area contributed by atoms with E-state index in [0.29, 0.717) is 13.0 Å². The van der Waals surface area contributed by atoms with Gasteiger partial charge in [-0.15, -0.1) is 0 Å². The predicted octanol–water partition coefficient (Wildman–Crippen LogP) is -0.313. The van der Waals surface area contributed by atoms with Crippen molar-refractivity contribution in [2.45, 2.75) is 6.42 Å². The number of hydrogen-bond donors (Lipinski definition) is 2. The molecule has 0 unspecified atom stereocenters. The molecule has 0 fully saturated rings. The van der Waals surface area contributed by atoms with Gasteiger partial charge in [-0.2, -0.15) is 0 Å². The maximum absolute atomic E-state index is 8.17. The zero-order chi connectivity index (χ0) is 5.54. The van der Waals surface area contributed by atoms with Crippen LogP contribution in [-0.4, -0.2) is 18.3 Å². The van der Waals surface area contributed by atoms with Crippen molar-refractivity contribution in [1.82, 2.24) is 0 Å². The van der Waals surface area contributed by atoms with E-state index in [4.69, 9.17) is 10.8 Å². The van der Waals surface area contributed by atoms with Crippen LogP contribution in [0.15, 0.2) is 6.08 Å². The van der Waals surface area contributed by atoms with Crippen LogP contribution in [0.2, 0.25) is 0 Å². The Bertz CT molecular complexity index is 52.0. The van der Waals surface area contributed by atoms with E-state index in [2.05, 4.69) is 6.08 Å². The summed E-state index contributed by atoms with van der Waals surface area (Å²) in [6.07, 6.45) is 5.08. The molecule has 7 heavy (non-hydrogen) atoms. The summed E-state index contributed by atoms with van der Waals surface area (Å²) >= 11 is 0. The van der Waals surface area contributed by atoms with Crippen LogP contribution in [0.3, 0.4) is 0 Å². The van der Waals surface area contributed by atoms with Crippen molar-refractivity contribution in [3.63, 3.8) is 0 Å². The van der Waals surface area contributed by atoms with Gasteiger partial charge in [0.1, 0.15) is 0 Å². The second-order valence-electron chi connectivity index (χ2n) is 1.12. The largest absolute Gasteiger partial charge is 0.396 e. The SMILES string of the molecule is NC/C=[C]/CCO. The molecule has 0 atom stereocenters. The van der Waals surface area contributed by atoms with Gasteiger partial charge in [0.15, 0.2) is 0 Å². The van der Waals surface area contributed by atoms with Crippen molar-refractivity contribution in [3.8, 4) is 0 Å². The Labute approximate surface area is 43.6 Å². The highest BCUT2D eigenvalue weighted by Crippen LogP contribution is 1.73. The van der Waals surface area contributed by atoms with Crippen molar-refractivity contribution < 1.29 is 5.11 Å². The van der Waals surface area contributed by atoms with Crippen LogP contribution in [0.1, 0.15) is 6.42 Å². The molecule has 0 aromatic rings. The number of hydrogen-bond acceptors (Lipinski definition) is 2. The Kier molecular flexibility index (Phi) is 5.39. The lowest BCUT2D eigenvalue weighted by Gasteiger charge is -1.79. The minimum atomic E-state index is 0.163. The summed E-state index contributed by atoms with van der Waals surface area (Å²) in [5.41, 5.74) is 5.07. The highest BCUT2D eigenvalue weighted by Gasteiger charge is 1.70. The van der Waals surface area contributed by atoms with E-state index in [-0.39, 0.29) is 6.61 Å². The Hall–Kier alpha value is -0.340. The lowest BCUT2D eigenvalue weighted by atomic mass is 10.4. The monoisotopic (exact) mass is 100 g/mol. The van der Waals surface area contributed by atoms with E-state index in [0.717, 1.165) is 0 Å². The third-order valence-electron chi connectivity index (χ3n) is 0.518. The van der Waals surface area contributed by atoms with Crippen LogP contribution < -0.4 is 5.73 Å². The van der Waals surface area contributed by atoms with Crippen LogP contribution >= 0.6 is 0 Å². The molecule has 2 heteroatoms. The van der Waals surface area contributed by atoms with Gasteiger partial charge in [0.25, 0.3) is 0 Å². The van der Waals surface area contributed by atoms with Gasteiger partial charge in [-0.05, 0) is 12.5 Å². The second-order valence-corrected chi connectivity index (χ2v) is 1.12. The van der Waals surface area contributed by atoms with E-state index in [1.165, 1.54) is 0 Å². The standard InChI is InChI=1S/C5H10NO/c6-4-2-1-3-5-7/h2,7H,3-6H2. The summed E-state index contributed by atoms with van der Waals surface area (Å²) in [4.78, 5) is 0. The van der Waals surface area contributed by atoms with Crippen LogP contribution in [0.25, 0.3) is 0 Å². The van der Waals surface area contributed by atoms with Gasteiger partial charge >= 0.3 is 0 Å². The average Bonchev–Trinajstić information content (AvgIpc) is 1.69. The highest BCUT2D eigenvalue weighted by atomic mass is 16.2. The molecular weight excluding hydrogens is 90.1 g/mol. The molecule has 0 rings (SSSR count). The lowest BCUT2D eigenvalue weighted by Crippen LogP contribution is -1.92. The normalized spacial score (nSPS) is 10.6. The number of nitrogens with two attached hydrogens (primary N) is 1. The topological polar surface area (TPSA) is 46.2 Å². The fourth-order valence-electron chi connectivity index (χ4n) is 0.250.